The van der Waals surface area contributed by atoms with E-state index in [1.807, 2.05) is 14.1 Å². The van der Waals surface area contributed by atoms with Gasteiger partial charge in [-0.25, -0.2) is 0 Å². The Balaban J connectivity index is 1.97. The highest BCUT2D eigenvalue weighted by molar-refractivity contribution is 5.79. The van der Waals surface area contributed by atoms with Gasteiger partial charge >= 0.3 is 5.97 Å². The Kier molecular flexibility index (Phi) is 3.78. The van der Waals surface area contributed by atoms with E-state index in [2.05, 4.69) is 34.1 Å². The Bertz CT molecular complexity index is 458. The normalized spacial score (nSPS) is 23.5. The maximum atomic E-state index is 11.1. The van der Waals surface area contributed by atoms with Crippen molar-refractivity contribution >= 4 is 11.7 Å². The van der Waals surface area contributed by atoms with E-state index < -0.39 is 11.5 Å². The van der Waals surface area contributed by atoms with E-state index in [0.717, 1.165) is 18.8 Å². The topological polar surface area (TPSA) is 69.8 Å². The van der Waals surface area contributed by atoms with Crippen LogP contribution in [-0.4, -0.2) is 48.7 Å². The number of nitrogens with zero attached hydrogens (tertiary/aromatic N) is 2. The lowest BCUT2D eigenvalue weighted by atomic mass is 10.0. The molecule has 1 aliphatic heterocycles. The summed E-state index contributed by atoms with van der Waals surface area (Å²) in [5.41, 5.74) is 7.12. The molecule has 1 fully saturated rings. The van der Waals surface area contributed by atoms with Crippen LogP contribution in [0.15, 0.2) is 24.3 Å². The first kappa shape index (κ1) is 13.8. The summed E-state index contributed by atoms with van der Waals surface area (Å²) in [6.07, 6.45) is 0.512. The lowest BCUT2D eigenvalue weighted by molar-refractivity contribution is -0.142. The molecule has 1 heterocycles. The molecule has 5 heteroatoms. The Hall–Kier alpha value is -1.59. The fourth-order valence-electron chi connectivity index (χ4n) is 2.38. The fraction of sp³-hybridized carbons (Fsp3) is 0.500. The van der Waals surface area contributed by atoms with Gasteiger partial charge in [0.05, 0.1) is 0 Å². The van der Waals surface area contributed by atoms with Crippen LogP contribution in [0.1, 0.15) is 12.0 Å². The van der Waals surface area contributed by atoms with E-state index in [1.165, 1.54) is 5.56 Å². The molecular formula is C14H21N3O2. The van der Waals surface area contributed by atoms with Gasteiger partial charge < -0.3 is 15.7 Å². The first-order valence-corrected chi connectivity index (χ1v) is 6.42. The number of carboxylic acid groups (broad SMARTS) is 1. The van der Waals surface area contributed by atoms with E-state index in [0.29, 0.717) is 13.0 Å². The maximum absolute atomic E-state index is 11.1. The van der Waals surface area contributed by atoms with Gasteiger partial charge in [0.25, 0.3) is 0 Å². The summed E-state index contributed by atoms with van der Waals surface area (Å²) >= 11 is 0. The van der Waals surface area contributed by atoms with Crippen LogP contribution in [-0.2, 0) is 11.3 Å². The largest absolute Gasteiger partial charge is 0.480 e. The Morgan fingerprint density at radius 2 is 2.05 bits per heavy atom. The number of hydrogen-bond acceptors (Lipinski definition) is 4. The molecule has 2 rings (SSSR count). The quantitative estimate of drug-likeness (QED) is 0.838. The zero-order valence-electron chi connectivity index (χ0n) is 11.5. The third-order valence-electron chi connectivity index (χ3n) is 3.66. The van der Waals surface area contributed by atoms with Gasteiger partial charge in [-0.1, -0.05) is 12.1 Å². The number of nitrogens with two attached hydrogens (primary N) is 1. The Labute approximate surface area is 113 Å². The molecule has 1 unspecified atom stereocenters. The van der Waals surface area contributed by atoms with Crippen molar-refractivity contribution in [2.45, 2.75) is 18.5 Å². The van der Waals surface area contributed by atoms with E-state index in [1.54, 1.807) is 0 Å². The number of hydrogen-bond donors (Lipinski definition) is 2. The average molecular weight is 263 g/mol. The Morgan fingerprint density at radius 1 is 1.42 bits per heavy atom. The lowest BCUT2D eigenvalue weighted by Gasteiger charge is -2.20. The molecule has 0 aliphatic carbocycles. The molecule has 1 aromatic rings. The number of rotatable bonds is 4. The van der Waals surface area contributed by atoms with E-state index in [-0.39, 0.29) is 0 Å². The van der Waals surface area contributed by atoms with Crippen molar-refractivity contribution in [3.63, 3.8) is 0 Å². The Morgan fingerprint density at radius 3 is 2.53 bits per heavy atom. The van der Waals surface area contributed by atoms with Gasteiger partial charge in [0.15, 0.2) is 0 Å². The van der Waals surface area contributed by atoms with Crippen LogP contribution < -0.4 is 10.6 Å². The summed E-state index contributed by atoms with van der Waals surface area (Å²) in [5.74, 6) is -0.905. The molecule has 1 saturated heterocycles. The molecule has 0 saturated carbocycles. The molecule has 19 heavy (non-hydrogen) atoms. The summed E-state index contributed by atoms with van der Waals surface area (Å²) in [4.78, 5) is 15.2. The number of benzene rings is 1. The highest BCUT2D eigenvalue weighted by Crippen LogP contribution is 2.22. The summed E-state index contributed by atoms with van der Waals surface area (Å²) < 4.78 is 0. The molecular weight excluding hydrogens is 242 g/mol. The first-order valence-electron chi connectivity index (χ1n) is 6.42. The van der Waals surface area contributed by atoms with Gasteiger partial charge in [0, 0.05) is 39.4 Å². The molecule has 1 atom stereocenters. The van der Waals surface area contributed by atoms with Crippen LogP contribution in [0, 0.1) is 0 Å². The zero-order chi connectivity index (χ0) is 14.0. The van der Waals surface area contributed by atoms with Gasteiger partial charge in [-0.3, -0.25) is 9.69 Å². The summed E-state index contributed by atoms with van der Waals surface area (Å²) in [7, 11) is 4.01. The molecule has 5 nitrogen and oxygen atoms in total. The van der Waals surface area contributed by atoms with Crippen molar-refractivity contribution in [1.29, 1.82) is 0 Å². The van der Waals surface area contributed by atoms with Gasteiger partial charge in [-0.15, -0.1) is 0 Å². The minimum atomic E-state index is -1.08. The molecule has 104 valence electrons. The second-order valence-electron chi connectivity index (χ2n) is 5.48. The van der Waals surface area contributed by atoms with Crippen LogP contribution in [0.2, 0.25) is 0 Å². The number of aliphatic carboxylic acids is 1. The van der Waals surface area contributed by atoms with Crippen molar-refractivity contribution in [1.82, 2.24) is 4.90 Å². The van der Waals surface area contributed by atoms with Crippen LogP contribution in [0.5, 0.6) is 0 Å². The third-order valence-corrected chi connectivity index (χ3v) is 3.66. The molecule has 1 aliphatic rings. The minimum Gasteiger partial charge on any atom is -0.480 e. The molecule has 1 aromatic carbocycles. The number of carbonyl (C=O) groups is 1. The van der Waals surface area contributed by atoms with Gasteiger partial charge in [-0.05, 0) is 24.1 Å². The SMILES string of the molecule is CN(C)c1ccc(CN2CCC(N)(C(=O)O)C2)cc1. The molecule has 0 radical (unpaired) electrons. The van der Waals surface area contributed by atoms with E-state index in [9.17, 15) is 4.79 Å². The smallest absolute Gasteiger partial charge is 0.325 e. The summed E-state index contributed by atoms with van der Waals surface area (Å²) in [5, 5.41) is 9.10. The highest BCUT2D eigenvalue weighted by Gasteiger charge is 2.40. The van der Waals surface area contributed by atoms with Crippen LogP contribution in [0.4, 0.5) is 5.69 Å². The predicted octanol–water partition coefficient (Wildman–Crippen LogP) is 0.740. The van der Waals surface area contributed by atoms with Gasteiger partial charge in [-0.2, -0.15) is 0 Å². The van der Waals surface area contributed by atoms with Gasteiger partial charge in [0.2, 0.25) is 0 Å². The van der Waals surface area contributed by atoms with Crippen molar-refractivity contribution in [3.05, 3.63) is 29.8 Å². The minimum absolute atomic E-state index is 0.414. The molecule has 3 N–H and O–H groups in total. The fourth-order valence-corrected chi connectivity index (χ4v) is 2.38. The summed E-state index contributed by atoms with van der Waals surface area (Å²) in [6, 6.07) is 8.29. The van der Waals surface area contributed by atoms with Crippen LogP contribution in [0.3, 0.4) is 0 Å². The average Bonchev–Trinajstić information content (AvgIpc) is 2.73. The maximum Gasteiger partial charge on any atom is 0.325 e. The predicted molar refractivity (Wildman–Crippen MR) is 75.2 cm³/mol. The van der Waals surface area contributed by atoms with Crippen LogP contribution >= 0.6 is 0 Å². The second kappa shape index (κ2) is 5.19. The summed E-state index contributed by atoms with van der Waals surface area (Å²) in [6.45, 7) is 1.90. The number of anilines is 1. The van der Waals surface area contributed by atoms with E-state index in [4.69, 9.17) is 10.8 Å². The third kappa shape index (κ3) is 3.05. The first-order chi connectivity index (χ1) is 8.90. The second-order valence-corrected chi connectivity index (χ2v) is 5.48. The lowest BCUT2D eigenvalue weighted by Crippen LogP contribution is -2.50. The van der Waals surface area contributed by atoms with Crippen LogP contribution in [0.25, 0.3) is 0 Å². The highest BCUT2D eigenvalue weighted by atomic mass is 16.4. The monoisotopic (exact) mass is 263 g/mol. The van der Waals surface area contributed by atoms with Crippen molar-refractivity contribution in [2.24, 2.45) is 5.73 Å². The zero-order valence-corrected chi connectivity index (χ0v) is 11.5. The van der Waals surface area contributed by atoms with Crippen molar-refractivity contribution < 1.29 is 9.90 Å². The molecule has 0 bridgehead atoms. The standard InChI is InChI=1S/C14H21N3O2/c1-16(2)12-5-3-11(4-6-12)9-17-8-7-14(15,10-17)13(18)19/h3-6H,7-10,15H2,1-2H3,(H,18,19). The number of likely N-dealkylation sites (tertiary alicyclic amines) is 1. The van der Waals surface area contributed by atoms with Crippen molar-refractivity contribution in [3.8, 4) is 0 Å². The van der Waals surface area contributed by atoms with Crippen molar-refractivity contribution in [2.75, 3.05) is 32.1 Å². The van der Waals surface area contributed by atoms with E-state index >= 15 is 0 Å². The molecule has 0 aromatic heterocycles. The molecule has 0 amide bonds. The number of carboxylic acids is 1. The van der Waals surface area contributed by atoms with Gasteiger partial charge in [0.1, 0.15) is 5.54 Å². The molecule has 0 spiro atoms.